The lowest BCUT2D eigenvalue weighted by Gasteiger charge is -2.03. The highest BCUT2D eigenvalue weighted by Gasteiger charge is 2.03. The molecule has 3 nitrogen and oxygen atoms in total. The molecule has 0 fully saturated rings. The monoisotopic (exact) mass is 266 g/mol. The van der Waals surface area contributed by atoms with E-state index in [-0.39, 0.29) is 0 Å². The zero-order valence-corrected chi connectivity index (χ0v) is 11.6. The van der Waals surface area contributed by atoms with Gasteiger partial charge >= 0.3 is 0 Å². The number of hydrogen-bond acceptors (Lipinski definition) is 2. The van der Waals surface area contributed by atoms with Gasteiger partial charge in [-0.25, -0.2) is 4.98 Å². The molecule has 0 aliphatic heterocycles. The molecule has 2 aromatic heterocycles. The normalized spacial score (nSPS) is 10.8. The van der Waals surface area contributed by atoms with Crippen LogP contribution in [0.4, 0.5) is 0 Å². The SMILES string of the molecule is COc1ccc(CCCc2c[nH]c3ncccc23)cc1. The van der Waals surface area contributed by atoms with Crippen molar-refractivity contribution in [3.05, 3.63) is 59.9 Å². The second-order valence-corrected chi connectivity index (χ2v) is 4.92. The van der Waals surface area contributed by atoms with Crippen LogP contribution in [0.5, 0.6) is 5.75 Å². The summed E-state index contributed by atoms with van der Waals surface area (Å²) in [4.78, 5) is 7.54. The second-order valence-electron chi connectivity index (χ2n) is 4.92. The van der Waals surface area contributed by atoms with Gasteiger partial charge in [0.2, 0.25) is 0 Å². The molecule has 0 unspecified atom stereocenters. The average molecular weight is 266 g/mol. The number of benzene rings is 1. The van der Waals surface area contributed by atoms with Gasteiger partial charge in [-0.05, 0) is 54.7 Å². The largest absolute Gasteiger partial charge is 0.497 e. The van der Waals surface area contributed by atoms with E-state index in [1.807, 2.05) is 24.4 Å². The Hall–Kier alpha value is -2.29. The highest BCUT2D eigenvalue weighted by Crippen LogP contribution is 2.19. The van der Waals surface area contributed by atoms with E-state index < -0.39 is 0 Å². The van der Waals surface area contributed by atoms with Crippen LogP contribution in [0.25, 0.3) is 11.0 Å². The summed E-state index contributed by atoms with van der Waals surface area (Å²) in [6.45, 7) is 0. The Morgan fingerprint density at radius 3 is 2.75 bits per heavy atom. The highest BCUT2D eigenvalue weighted by atomic mass is 16.5. The van der Waals surface area contributed by atoms with Crippen molar-refractivity contribution in [2.45, 2.75) is 19.3 Å². The molecule has 0 saturated heterocycles. The first-order valence-electron chi connectivity index (χ1n) is 6.91. The minimum absolute atomic E-state index is 0.913. The Morgan fingerprint density at radius 1 is 1.10 bits per heavy atom. The summed E-state index contributed by atoms with van der Waals surface area (Å²) in [7, 11) is 1.69. The van der Waals surface area contributed by atoms with E-state index in [4.69, 9.17) is 4.74 Å². The van der Waals surface area contributed by atoms with Crippen LogP contribution >= 0.6 is 0 Å². The van der Waals surface area contributed by atoms with E-state index in [0.29, 0.717) is 0 Å². The van der Waals surface area contributed by atoms with Crippen LogP contribution < -0.4 is 4.74 Å². The molecule has 0 bridgehead atoms. The van der Waals surface area contributed by atoms with Gasteiger partial charge in [-0.2, -0.15) is 0 Å². The third-order valence-electron chi connectivity index (χ3n) is 3.61. The lowest BCUT2D eigenvalue weighted by Crippen LogP contribution is -1.90. The maximum absolute atomic E-state index is 5.17. The topological polar surface area (TPSA) is 37.9 Å². The number of aromatic nitrogens is 2. The van der Waals surface area contributed by atoms with Gasteiger partial charge in [0, 0.05) is 17.8 Å². The Bertz CT molecular complexity index is 686. The fourth-order valence-electron chi connectivity index (χ4n) is 2.49. The predicted molar refractivity (Wildman–Crippen MR) is 81.1 cm³/mol. The van der Waals surface area contributed by atoms with Crippen LogP contribution in [0, 0.1) is 0 Å². The van der Waals surface area contributed by atoms with Crippen LogP contribution in [0.2, 0.25) is 0 Å². The standard InChI is InChI=1S/C17H18N2O/c1-20-15-9-7-13(8-10-15)4-2-5-14-12-19-17-16(14)6-3-11-18-17/h3,6-12H,2,4-5H2,1H3,(H,18,19). The van der Waals surface area contributed by atoms with E-state index >= 15 is 0 Å². The molecule has 102 valence electrons. The lowest BCUT2D eigenvalue weighted by atomic mass is 10.0. The smallest absolute Gasteiger partial charge is 0.137 e. The molecule has 0 aliphatic carbocycles. The summed E-state index contributed by atoms with van der Waals surface area (Å²) in [5.74, 6) is 0.913. The number of fused-ring (bicyclic) bond motifs is 1. The third-order valence-corrected chi connectivity index (χ3v) is 3.61. The summed E-state index contributed by atoms with van der Waals surface area (Å²) in [5, 5.41) is 1.24. The Morgan fingerprint density at radius 2 is 1.95 bits per heavy atom. The minimum Gasteiger partial charge on any atom is -0.497 e. The Balaban J connectivity index is 1.62. The van der Waals surface area contributed by atoms with E-state index in [9.17, 15) is 0 Å². The molecule has 0 atom stereocenters. The van der Waals surface area contributed by atoms with Crippen molar-refractivity contribution in [1.82, 2.24) is 9.97 Å². The quantitative estimate of drug-likeness (QED) is 0.763. The van der Waals surface area contributed by atoms with Crippen molar-refractivity contribution in [3.8, 4) is 5.75 Å². The van der Waals surface area contributed by atoms with E-state index in [1.165, 1.54) is 16.5 Å². The lowest BCUT2D eigenvalue weighted by molar-refractivity contribution is 0.414. The molecule has 0 saturated carbocycles. The van der Waals surface area contributed by atoms with Crippen LogP contribution in [0.3, 0.4) is 0 Å². The summed E-state index contributed by atoms with van der Waals surface area (Å²) in [6, 6.07) is 12.4. The molecule has 2 heterocycles. The molecule has 0 radical (unpaired) electrons. The minimum atomic E-state index is 0.913. The number of nitrogens with one attached hydrogen (secondary N) is 1. The number of ether oxygens (including phenoxy) is 1. The van der Waals surface area contributed by atoms with Crippen molar-refractivity contribution >= 4 is 11.0 Å². The van der Waals surface area contributed by atoms with E-state index in [2.05, 4.69) is 34.4 Å². The van der Waals surface area contributed by atoms with Crippen LogP contribution in [-0.2, 0) is 12.8 Å². The number of methoxy groups -OCH3 is 1. The predicted octanol–water partition coefficient (Wildman–Crippen LogP) is 3.75. The summed E-state index contributed by atoms with van der Waals surface area (Å²) >= 11 is 0. The summed E-state index contributed by atoms with van der Waals surface area (Å²) in [5.41, 5.74) is 3.68. The maximum Gasteiger partial charge on any atom is 0.137 e. The molecule has 1 N–H and O–H groups in total. The first-order chi connectivity index (χ1) is 9.86. The molecule has 20 heavy (non-hydrogen) atoms. The molecule has 3 heteroatoms. The number of nitrogens with zero attached hydrogens (tertiary/aromatic N) is 1. The molecule has 3 aromatic rings. The molecular weight excluding hydrogens is 248 g/mol. The van der Waals surface area contributed by atoms with Gasteiger partial charge in [-0.15, -0.1) is 0 Å². The summed E-state index contributed by atoms with van der Waals surface area (Å²) in [6.07, 6.45) is 7.18. The number of H-pyrrole nitrogens is 1. The van der Waals surface area contributed by atoms with Gasteiger partial charge in [0.15, 0.2) is 0 Å². The van der Waals surface area contributed by atoms with Gasteiger partial charge in [0.25, 0.3) is 0 Å². The van der Waals surface area contributed by atoms with Crippen molar-refractivity contribution < 1.29 is 4.74 Å². The zero-order chi connectivity index (χ0) is 13.8. The number of rotatable bonds is 5. The van der Waals surface area contributed by atoms with Crippen molar-refractivity contribution in [2.24, 2.45) is 0 Å². The highest BCUT2D eigenvalue weighted by molar-refractivity contribution is 5.79. The van der Waals surface area contributed by atoms with Crippen molar-refractivity contribution in [3.63, 3.8) is 0 Å². The maximum atomic E-state index is 5.17. The van der Waals surface area contributed by atoms with Gasteiger partial charge in [0.1, 0.15) is 11.4 Å². The van der Waals surface area contributed by atoms with Gasteiger partial charge in [-0.1, -0.05) is 12.1 Å². The van der Waals surface area contributed by atoms with E-state index in [1.54, 1.807) is 7.11 Å². The zero-order valence-electron chi connectivity index (χ0n) is 11.6. The molecule has 3 rings (SSSR count). The van der Waals surface area contributed by atoms with Gasteiger partial charge < -0.3 is 9.72 Å². The molecular formula is C17H18N2O. The van der Waals surface area contributed by atoms with Gasteiger partial charge in [-0.3, -0.25) is 0 Å². The molecule has 0 aliphatic rings. The Labute approximate surface area is 118 Å². The first-order valence-corrected chi connectivity index (χ1v) is 6.91. The fourth-order valence-corrected chi connectivity index (χ4v) is 2.49. The van der Waals surface area contributed by atoms with Gasteiger partial charge in [0.05, 0.1) is 7.11 Å². The molecule has 1 aromatic carbocycles. The van der Waals surface area contributed by atoms with Crippen molar-refractivity contribution in [2.75, 3.05) is 7.11 Å². The Kier molecular flexibility index (Phi) is 3.68. The second kappa shape index (κ2) is 5.78. The summed E-state index contributed by atoms with van der Waals surface area (Å²) < 4.78 is 5.17. The van der Waals surface area contributed by atoms with E-state index in [0.717, 1.165) is 30.7 Å². The fraction of sp³-hybridized carbons (Fsp3) is 0.235. The number of aryl methyl sites for hydroxylation is 2. The van der Waals surface area contributed by atoms with Crippen LogP contribution in [0.15, 0.2) is 48.8 Å². The average Bonchev–Trinajstić information content (AvgIpc) is 2.92. The molecule has 0 spiro atoms. The number of hydrogen-bond donors (Lipinski definition) is 1. The van der Waals surface area contributed by atoms with Crippen LogP contribution in [0.1, 0.15) is 17.5 Å². The molecule has 0 amide bonds. The van der Waals surface area contributed by atoms with Crippen molar-refractivity contribution in [1.29, 1.82) is 0 Å². The third kappa shape index (κ3) is 2.67. The number of aromatic amines is 1. The number of pyridine rings is 1. The van der Waals surface area contributed by atoms with Crippen LogP contribution in [-0.4, -0.2) is 17.1 Å². The first kappa shape index (κ1) is 12.7.